The largest absolute Gasteiger partial charge is 0.496 e. The molecule has 0 saturated carbocycles. The number of hydrogen-bond donors (Lipinski definition) is 1. The van der Waals surface area contributed by atoms with Crippen LogP contribution in [0.2, 0.25) is 0 Å². The van der Waals surface area contributed by atoms with Crippen LogP contribution in [0.1, 0.15) is 22.3 Å². The zero-order valence-electron chi connectivity index (χ0n) is 16.2. The number of carbonyl (C=O) groups excluding carboxylic acids is 1. The van der Waals surface area contributed by atoms with Gasteiger partial charge in [-0.3, -0.25) is 4.79 Å². The third-order valence-electron chi connectivity index (χ3n) is 5.12. The molecule has 1 atom stereocenters. The van der Waals surface area contributed by atoms with E-state index in [1.165, 1.54) is 6.07 Å². The van der Waals surface area contributed by atoms with Gasteiger partial charge >= 0.3 is 0 Å². The number of amides is 1. The van der Waals surface area contributed by atoms with Crippen molar-refractivity contribution in [1.29, 1.82) is 0 Å². The molecule has 1 N–H and O–H groups in total. The fraction of sp³-hybridized carbons (Fsp3) is 0.381. The molecule has 0 spiro atoms. The number of halogens is 2. The number of ether oxygens (including phenoxy) is 2. The van der Waals surface area contributed by atoms with Crippen molar-refractivity contribution >= 4 is 11.6 Å². The molecule has 1 unspecified atom stereocenters. The fourth-order valence-corrected chi connectivity index (χ4v) is 3.47. The summed E-state index contributed by atoms with van der Waals surface area (Å²) in [4.78, 5) is 14.6. The number of carbonyl (C=O) groups is 1. The van der Waals surface area contributed by atoms with E-state index in [2.05, 4.69) is 5.32 Å². The first-order valence-corrected chi connectivity index (χ1v) is 9.13. The number of anilines is 1. The quantitative estimate of drug-likeness (QED) is 0.820. The first-order valence-electron chi connectivity index (χ1n) is 9.13. The van der Waals surface area contributed by atoms with E-state index >= 15 is 0 Å². The van der Waals surface area contributed by atoms with Gasteiger partial charge < -0.3 is 19.7 Å². The molecule has 0 radical (unpaired) electrons. The van der Waals surface area contributed by atoms with Crippen LogP contribution in [0.25, 0.3) is 0 Å². The molecule has 0 aromatic heterocycles. The molecule has 3 rings (SSSR count). The van der Waals surface area contributed by atoms with E-state index in [4.69, 9.17) is 9.47 Å². The normalized spacial score (nSPS) is 16.2. The average molecular weight is 390 g/mol. The smallest absolute Gasteiger partial charge is 0.251 e. The van der Waals surface area contributed by atoms with E-state index in [1.807, 2.05) is 11.8 Å². The Labute approximate surface area is 163 Å². The highest BCUT2D eigenvalue weighted by atomic mass is 19.2. The summed E-state index contributed by atoms with van der Waals surface area (Å²) in [5.41, 5.74) is 1.95. The van der Waals surface area contributed by atoms with Crippen molar-refractivity contribution in [3.05, 3.63) is 53.1 Å². The molecule has 2 aromatic carbocycles. The monoisotopic (exact) mass is 390 g/mol. The standard InChI is InChI=1S/C21H24F2N2O3/c1-13-19(27-2)8-15(9-20(13)28-3)21(26)24-11-14-6-7-25(12-14)16-4-5-17(22)18(23)10-16/h4-5,8-10,14H,6-7,11-12H2,1-3H3,(H,24,26). The topological polar surface area (TPSA) is 50.8 Å². The summed E-state index contributed by atoms with van der Waals surface area (Å²) in [6, 6.07) is 7.30. The van der Waals surface area contributed by atoms with Gasteiger partial charge in [0.1, 0.15) is 11.5 Å². The first kappa shape index (κ1) is 19.9. The van der Waals surface area contributed by atoms with Crippen molar-refractivity contribution in [1.82, 2.24) is 5.32 Å². The lowest BCUT2D eigenvalue weighted by Gasteiger charge is -2.19. The van der Waals surface area contributed by atoms with Gasteiger partial charge in [0.05, 0.1) is 14.2 Å². The lowest BCUT2D eigenvalue weighted by Crippen LogP contribution is -2.31. The van der Waals surface area contributed by atoms with Crippen molar-refractivity contribution in [3.63, 3.8) is 0 Å². The van der Waals surface area contributed by atoms with Gasteiger partial charge in [0.25, 0.3) is 5.91 Å². The predicted molar refractivity (Wildman–Crippen MR) is 103 cm³/mol. The Morgan fingerprint density at radius 2 is 1.82 bits per heavy atom. The Morgan fingerprint density at radius 3 is 2.43 bits per heavy atom. The maximum atomic E-state index is 13.4. The second kappa shape index (κ2) is 8.46. The SMILES string of the molecule is COc1cc(C(=O)NCC2CCN(c3ccc(F)c(F)c3)C2)cc(OC)c1C. The summed E-state index contributed by atoms with van der Waals surface area (Å²) in [5.74, 6) is -0.494. The summed E-state index contributed by atoms with van der Waals surface area (Å²) in [6.07, 6.45) is 0.861. The first-order chi connectivity index (χ1) is 13.4. The summed E-state index contributed by atoms with van der Waals surface area (Å²) in [6.45, 7) is 3.77. The Hall–Kier alpha value is -2.83. The van der Waals surface area contributed by atoms with E-state index in [0.717, 1.165) is 24.6 Å². The van der Waals surface area contributed by atoms with Crippen molar-refractivity contribution < 1.29 is 23.0 Å². The van der Waals surface area contributed by atoms with Crippen LogP contribution in [0, 0.1) is 24.5 Å². The molecular formula is C21H24F2N2O3. The molecule has 2 aromatic rings. The highest BCUT2D eigenvalue weighted by Gasteiger charge is 2.24. The highest BCUT2D eigenvalue weighted by molar-refractivity contribution is 5.95. The van der Waals surface area contributed by atoms with Crippen LogP contribution in [0.3, 0.4) is 0 Å². The molecule has 1 fully saturated rings. The number of hydrogen-bond acceptors (Lipinski definition) is 4. The number of rotatable bonds is 6. The minimum Gasteiger partial charge on any atom is -0.496 e. The lowest BCUT2D eigenvalue weighted by molar-refractivity contribution is 0.0947. The molecule has 1 aliphatic heterocycles. The molecule has 0 bridgehead atoms. The number of methoxy groups -OCH3 is 2. The van der Waals surface area contributed by atoms with Crippen LogP contribution >= 0.6 is 0 Å². The molecular weight excluding hydrogens is 366 g/mol. The minimum absolute atomic E-state index is 0.206. The molecule has 28 heavy (non-hydrogen) atoms. The summed E-state index contributed by atoms with van der Waals surface area (Å²) in [5, 5.41) is 2.94. The van der Waals surface area contributed by atoms with Crippen molar-refractivity contribution in [2.75, 3.05) is 38.8 Å². The predicted octanol–water partition coefficient (Wildman–Crippen LogP) is 3.55. The maximum Gasteiger partial charge on any atom is 0.251 e. The summed E-state index contributed by atoms with van der Waals surface area (Å²) >= 11 is 0. The number of nitrogens with one attached hydrogen (secondary N) is 1. The Bertz CT molecular complexity index is 848. The molecule has 1 aliphatic rings. The van der Waals surface area contributed by atoms with Crippen molar-refractivity contribution in [2.24, 2.45) is 5.92 Å². The van der Waals surface area contributed by atoms with Gasteiger partial charge in [0, 0.05) is 42.5 Å². The lowest BCUT2D eigenvalue weighted by atomic mass is 10.1. The summed E-state index contributed by atoms with van der Waals surface area (Å²) < 4.78 is 37.2. The van der Waals surface area contributed by atoms with Crippen LogP contribution in [-0.4, -0.2) is 39.8 Å². The maximum absolute atomic E-state index is 13.4. The summed E-state index contributed by atoms with van der Waals surface area (Å²) in [7, 11) is 3.10. The Morgan fingerprint density at radius 1 is 1.14 bits per heavy atom. The van der Waals surface area contributed by atoms with Gasteiger partial charge in [-0.25, -0.2) is 8.78 Å². The van der Waals surface area contributed by atoms with Crippen molar-refractivity contribution in [2.45, 2.75) is 13.3 Å². The second-order valence-electron chi connectivity index (χ2n) is 6.91. The highest BCUT2D eigenvalue weighted by Crippen LogP contribution is 2.29. The molecule has 7 heteroatoms. The van der Waals surface area contributed by atoms with Gasteiger partial charge in [0.2, 0.25) is 0 Å². The van der Waals surface area contributed by atoms with Crippen LogP contribution in [0.15, 0.2) is 30.3 Å². The average Bonchev–Trinajstić information content (AvgIpc) is 3.17. The third-order valence-corrected chi connectivity index (χ3v) is 5.12. The zero-order chi connectivity index (χ0) is 20.3. The van der Waals surface area contributed by atoms with Gasteiger partial charge in [-0.15, -0.1) is 0 Å². The van der Waals surface area contributed by atoms with Gasteiger partial charge in [-0.2, -0.15) is 0 Å². The van der Waals surface area contributed by atoms with Gasteiger partial charge in [0.15, 0.2) is 11.6 Å². The second-order valence-corrected chi connectivity index (χ2v) is 6.91. The molecule has 1 saturated heterocycles. The van der Waals surface area contributed by atoms with Crippen molar-refractivity contribution in [3.8, 4) is 11.5 Å². The Balaban J connectivity index is 1.60. The van der Waals surface area contributed by atoms with Gasteiger partial charge in [-0.05, 0) is 43.5 Å². The number of benzene rings is 2. The van der Waals surface area contributed by atoms with Crippen LogP contribution in [0.4, 0.5) is 14.5 Å². The number of nitrogens with zero attached hydrogens (tertiary/aromatic N) is 1. The van der Waals surface area contributed by atoms with Crippen LogP contribution in [-0.2, 0) is 0 Å². The molecule has 150 valence electrons. The van der Waals surface area contributed by atoms with Crippen LogP contribution in [0.5, 0.6) is 11.5 Å². The Kier molecular flexibility index (Phi) is 6.02. The third kappa shape index (κ3) is 4.18. The molecule has 1 amide bonds. The van der Waals surface area contributed by atoms with E-state index < -0.39 is 11.6 Å². The van der Waals surface area contributed by atoms with Crippen LogP contribution < -0.4 is 19.7 Å². The van der Waals surface area contributed by atoms with E-state index in [-0.39, 0.29) is 11.8 Å². The molecule has 5 nitrogen and oxygen atoms in total. The van der Waals surface area contributed by atoms with E-state index in [9.17, 15) is 13.6 Å². The zero-order valence-corrected chi connectivity index (χ0v) is 16.2. The van der Waals surface area contributed by atoms with E-state index in [1.54, 1.807) is 32.4 Å². The molecule has 1 heterocycles. The van der Waals surface area contributed by atoms with E-state index in [0.29, 0.717) is 35.8 Å². The van der Waals surface area contributed by atoms with Gasteiger partial charge in [-0.1, -0.05) is 0 Å². The molecule has 0 aliphatic carbocycles. The minimum atomic E-state index is -0.851. The fourth-order valence-electron chi connectivity index (χ4n) is 3.47.